The Morgan fingerprint density at radius 2 is 2.20 bits per heavy atom. The molecule has 0 radical (unpaired) electrons. The Bertz CT molecular complexity index is 699. The minimum absolute atomic E-state index is 0.147. The van der Waals surface area contributed by atoms with Gasteiger partial charge in [-0.05, 0) is 24.6 Å². The number of benzene rings is 1. The van der Waals surface area contributed by atoms with Gasteiger partial charge in [-0.15, -0.1) is 0 Å². The van der Waals surface area contributed by atoms with Crippen molar-refractivity contribution in [3.8, 4) is 5.75 Å². The van der Waals surface area contributed by atoms with Crippen LogP contribution >= 0.6 is 0 Å². The number of fused-ring (bicyclic) bond motifs is 1. The number of ether oxygens (including phenoxy) is 2. The van der Waals surface area contributed by atoms with Gasteiger partial charge in [-0.25, -0.2) is 9.59 Å². The fourth-order valence-corrected chi connectivity index (χ4v) is 1.73. The molecular formula is C15H14O5. The minimum Gasteiger partial charge on any atom is -0.482 e. The highest BCUT2D eigenvalue weighted by Gasteiger charge is 2.06. The summed E-state index contributed by atoms with van der Waals surface area (Å²) in [6.45, 7) is 5.20. The molecule has 20 heavy (non-hydrogen) atoms. The van der Waals surface area contributed by atoms with Crippen LogP contribution in [0.15, 0.2) is 46.1 Å². The van der Waals surface area contributed by atoms with Gasteiger partial charge in [-0.3, -0.25) is 0 Å². The Hall–Kier alpha value is -2.56. The molecule has 0 aliphatic heterocycles. The van der Waals surface area contributed by atoms with E-state index in [1.165, 1.54) is 12.1 Å². The van der Waals surface area contributed by atoms with E-state index in [2.05, 4.69) is 6.58 Å². The third-order valence-electron chi connectivity index (χ3n) is 2.64. The molecule has 5 nitrogen and oxygen atoms in total. The van der Waals surface area contributed by atoms with Gasteiger partial charge in [0.25, 0.3) is 0 Å². The van der Waals surface area contributed by atoms with Crippen molar-refractivity contribution >= 4 is 16.9 Å². The molecule has 0 amide bonds. The Kier molecular flexibility index (Phi) is 4.20. The number of hydrogen-bond acceptors (Lipinski definition) is 5. The zero-order chi connectivity index (χ0) is 14.5. The summed E-state index contributed by atoms with van der Waals surface area (Å²) >= 11 is 0. The van der Waals surface area contributed by atoms with Gasteiger partial charge in [0.05, 0.1) is 0 Å². The summed E-state index contributed by atoms with van der Waals surface area (Å²) in [6.07, 6.45) is 1.48. The number of aryl methyl sites for hydroxylation is 1. The zero-order valence-corrected chi connectivity index (χ0v) is 11.0. The van der Waals surface area contributed by atoms with Gasteiger partial charge >= 0.3 is 11.6 Å². The molecule has 0 atom stereocenters. The second-order valence-electron chi connectivity index (χ2n) is 4.17. The van der Waals surface area contributed by atoms with Crippen molar-refractivity contribution in [2.24, 2.45) is 0 Å². The lowest BCUT2D eigenvalue weighted by atomic mass is 10.1. The smallest absolute Gasteiger partial charge is 0.344 e. The lowest BCUT2D eigenvalue weighted by Gasteiger charge is -2.07. The van der Waals surface area contributed by atoms with Crippen molar-refractivity contribution in [3.05, 3.63) is 52.9 Å². The molecule has 0 aliphatic carbocycles. The number of hydrogen-bond donors (Lipinski definition) is 0. The largest absolute Gasteiger partial charge is 0.482 e. The maximum absolute atomic E-state index is 11.3. The van der Waals surface area contributed by atoms with Crippen LogP contribution in [0.2, 0.25) is 0 Å². The van der Waals surface area contributed by atoms with E-state index >= 15 is 0 Å². The van der Waals surface area contributed by atoms with Crippen LogP contribution < -0.4 is 10.4 Å². The van der Waals surface area contributed by atoms with Crippen LogP contribution in [0, 0.1) is 6.92 Å². The van der Waals surface area contributed by atoms with Crippen LogP contribution in [0.5, 0.6) is 5.75 Å². The number of rotatable bonds is 5. The molecule has 5 heteroatoms. The SMILES string of the molecule is C=CCOC(=O)COc1ccc2c(C)cc(=O)oc2c1. The van der Waals surface area contributed by atoms with Gasteiger partial charge in [0.1, 0.15) is 17.9 Å². The highest BCUT2D eigenvalue weighted by molar-refractivity contribution is 5.81. The van der Waals surface area contributed by atoms with E-state index in [0.29, 0.717) is 11.3 Å². The monoisotopic (exact) mass is 274 g/mol. The number of carbonyl (C=O) groups is 1. The van der Waals surface area contributed by atoms with E-state index in [-0.39, 0.29) is 13.2 Å². The molecular weight excluding hydrogens is 260 g/mol. The average molecular weight is 274 g/mol. The van der Waals surface area contributed by atoms with Crippen molar-refractivity contribution in [2.75, 3.05) is 13.2 Å². The van der Waals surface area contributed by atoms with E-state index in [1.807, 2.05) is 6.92 Å². The third-order valence-corrected chi connectivity index (χ3v) is 2.64. The molecule has 0 bridgehead atoms. The molecule has 0 fully saturated rings. The van der Waals surface area contributed by atoms with Gasteiger partial charge in [-0.1, -0.05) is 12.7 Å². The fraction of sp³-hybridized carbons (Fsp3) is 0.200. The summed E-state index contributed by atoms with van der Waals surface area (Å²) in [5.41, 5.74) is 0.831. The Morgan fingerprint density at radius 3 is 2.95 bits per heavy atom. The molecule has 0 saturated carbocycles. The summed E-state index contributed by atoms with van der Waals surface area (Å²) in [5.74, 6) is -0.0579. The molecule has 2 aromatic rings. The van der Waals surface area contributed by atoms with Crippen LogP contribution in [0.1, 0.15) is 5.56 Å². The quantitative estimate of drug-likeness (QED) is 0.475. The van der Waals surface area contributed by atoms with E-state index in [1.54, 1.807) is 18.2 Å². The van der Waals surface area contributed by atoms with Crippen LogP contribution in [0.3, 0.4) is 0 Å². The Labute approximate surface area is 115 Å². The molecule has 0 aliphatic rings. The lowest BCUT2D eigenvalue weighted by molar-refractivity contribution is -0.144. The minimum atomic E-state index is -0.490. The topological polar surface area (TPSA) is 65.7 Å². The summed E-state index contributed by atoms with van der Waals surface area (Å²) in [5, 5.41) is 0.825. The predicted octanol–water partition coefficient (Wildman–Crippen LogP) is 2.21. The van der Waals surface area contributed by atoms with Crippen molar-refractivity contribution in [1.29, 1.82) is 0 Å². The van der Waals surface area contributed by atoms with Crippen molar-refractivity contribution in [2.45, 2.75) is 6.92 Å². The highest BCUT2D eigenvalue weighted by atomic mass is 16.6. The molecule has 0 N–H and O–H groups in total. The number of carbonyl (C=O) groups excluding carboxylic acids is 1. The van der Waals surface area contributed by atoms with E-state index < -0.39 is 11.6 Å². The Morgan fingerprint density at radius 1 is 1.40 bits per heavy atom. The first-order valence-corrected chi connectivity index (χ1v) is 6.04. The van der Waals surface area contributed by atoms with Crippen LogP contribution in [-0.2, 0) is 9.53 Å². The third kappa shape index (κ3) is 3.26. The molecule has 1 heterocycles. The molecule has 1 aromatic heterocycles. The normalized spacial score (nSPS) is 10.2. The van der Waals surface area contributed by atoms with Gasteiger partial charge in [-0.2, -0.15) is 0 Å². The van der Waals surface area contributed by atoms with Crippen molar-refractivity contribution in [3.63, 3.8) is 0 Å². The standard InChI is InChI=1S/C15H14O5/c1-3-6-18-15(17)9-19-11-4-5-12-10(2)7-14(16)20-13(12)8-11/h3-5,7-8H,1,6,9H2,2H3. The van der Waals surface area contributed by atoms with E-state index in [9.17, 15) is 9.59 Å². The first-order chi connectivity index (χ1) is 9.60. The fourth-order valence-electron chi connectivity index (χ4n) is 1.73. The first kappa shape index (κ1) is 13.9. The summed E-state index contributed by atoms with van der Waals surface area (Å²) in [7, 11) is 0. The summed E-state index contributed by atoms with van der Waals surface area (Å²) in [6, 6.07) is 6.48. The second kappa shape index (κ2) is 6.06. The predicted molar refractivity (Wildman–Crippen MR) is 73.9 cm³/mol. The second-order valence-corrected chi connectivity index (χ2v) is 4.17. The molecule has 0 spiro atoms. The molecule has 0 saturated heterocycles. The number of esters is 1. The van der Waals surface area contributed by atoms with Gasteiger partial charge in [0.15, 0.2) is 6.61 Å². The zero-order valence-electron chi connectivity index (χ0n) is 11.0. The maximum atomic E-state index is 11.3. The first-order valence-electron chi connectivity index (χ1n) is 6.04. The van der Waals surface area contributed by atoms with E-state index in [4.69, 9.17) is 13.9 Å². The van der Waals surface area contributed by atoms with Gasteiger partial charge in [0, 0.05) is 17.5 Å². The van der Waals surface area contributed by atoms with Crippen LogP contribution in [-0.4, -0.2) is 19.2 Å². The molecule has 0 unspecified atom stereocenters. The molecule has 104 valence electrons. The molecule has 2 rings (SSSR count). The Balaban J connectivity index is 2.14. The van der Waals surface area contributed by atoms with Crippen molar-refractivity contribution < 1.29 is 18.7 Å². The van der Waals surface area contributed by atoms with E-state index in [0.717, 1.165) is 10.9 Å². The van der Waals surface area contributed by atoms with Gasteiger partial charge < -0.3 is 13.9 Å². The average Bonchev–Trinajstić information content (AvgIpc) is 2.42. The summed E-state index contributed by atoms with van der Waals surface area (Å²) in [4.78, 5) is 22.6. The summed E-state index contributed by atoms with van der Waals surface area (Å²) < 4.78 is 15.2. The molecule has 1 aromatic carbocycles. The maximum Gasteiger partial charge on any atom is 0.344 e. The van der Waals surface area contributed by atoms with Crippen LogP contribution in [0.25, 0.3) is 11.0 Å². The van der Waals surface area contributed by atoms with Crippen LogP contribution in [0.4, 0.5) is 0 Å². The van der Waals surface area contributed by atoms with Gasteiger partial charge in [0.2, 0.25) is 0 Å². The highest BCUT2D eigenvalue weighted by Crippen LogP contribution is 2.22. The lowest BCUT2D eigenvalue weighted by Crippen LogP contribution is -2.14. The van der Waals surface area contributed by atoms with Crippen molar-refractivity contribution in [1.82, 2.24) is 0 Å².